The van der Waals surface area contributed by atoms with E-state index in [0.29, 0.717) is 19.0 Å². The fraction of sp³-hybridized carbons (Fsp3) is 0.455. The molecule has 5 heteroatoms. The molecule has 0 radical (unpaired) electrons. The smallest absolute Gasteiger partial charge is 0.354 e. The zero-order chi connectivity index (χ0) is 11.5. The highest BCUT2D eigenvalue weighted by molar-refractivity contribution is 5.85. The molecule has 5 nitrogen and oxygen atoms in total. The number of carboxylic acids is 1. The monoisotopic (exact) mass is 222 g/mol. The molecule has 16 heavy (non-hydrogen) atoms. The van der Waals surface area contributed by atoms with E-state index in [-0.39, 0.29) is 11.7 Å². The van der Waals surface area contributed by atoms with E-state index < -0.39 is 5.97 Å². The van der Waals surface area contributed by atoms with Crippen LogP contribution in [0.15, 0.2) is 18.2 Å². The topological polar surface area (TPSA) is 62.7 Å². The molecule has 0 spiro atoms. The van der Waals surface area contributed by atoms with E-state index in [9.17, 15) is 4.79 Å². The van der Waals surface area contributed by atoms with Crippen molar-refractivity contribution < 1.29 is 14.6 Å². The number of pyridine rings is 1. The highest BCUT2D eigenvalue weighted by Crippen LogP contribution is 2.17. The van der Waals surface area contributed by atoms with E-state index in [1.165, 1.54) is 6.07 Å². The quantitative estimate of drug-likeness (QED) is 0.809. The van der Waals surface area contributed by atoms with Gasteiger partial charge in [-0.15, -0.1) is 0 Å². The third-order valence-corrected chi connectivity index (χ3v) is 2.62. The van der Waals surface area contributed by atoms with Gasteiger partial charge in [-0.2, -0.15) is 0 Å². The van der Waals surface area contributed by atoms with Crippen molar-refractivity contribution >= 4 is 11.8 Å². The molecule has 86 valence electrons. The summed E-state index contributed by atoms with van der Waals surface area (Å²) in [7, 11) is 0. The van der Waals surface area contributed by atoms with Crippen LogP contribution in [-0.4, -0.2) is 41.9 Å². The lowest BCUT2D eigenvalue weighted by Gasteiger charge is -2.34. The van der Waals surface area contributed by atoms with Crippen molar-refractivity contribution in [3.8, 4) is 0 Å². The van der Waals surface area contributed by atoms with Crippen molar-refractivity contribution in [1.82, 2.24) is 4.98 Å². The van der Waals surface area contributed by atoms with Crippen LogP contribution in [0.5, 0.6) is 0 Å². The molecule has 1 aliphatic heterocycles. The number of ether oxygens (including phenoxy) is 1. The van der Waals surface area contributed by atoms with Crippen LogP contribution < -0.4 is 4.90 Å². The van der Waals surface area contributed by atoms with Crippen LogP contribution in [-0.2, 0) is 4.74 Å². The Balaban J connectivity index is 2.25. The predicted octanol–water partition coefficient (Wildman–Crippen LogP) is 1.00. The number of hydrogen-bond donors (Lipinski definition) is 1. The van der Waals surface area contributed by atoms with Crippen LogP contribution in [0.25, 0.3) is 0 Å². The standard InChI is InChI=1S/C11H14N2O3/c1-8-7-16-6-5-13(8)10-4-2-3-9(12-10)11(14)15/h2-4,8H,5-7H2,1H3,(H,14,15)/t8-/m1/s1. The largest absolute Gasteiger partial charge is 0.477 e. The van der Waals surface area contributed by atoms with Crippen LogP contribution in [0.4, 0.5) is 5.82 Å². The summed E-state index contributed by atoms with van der Waals surface area (Å²) in [5, 5.41) is 8.87. The highest BCUT2D eigenvalue weighted by Gasteiger charge is 2.20. The van der Waals surface area contributed by atoms with Gasteiger partial charge in [-0.3, -0.25) is 0 Å². The first-order valence-electron chi connectivity index (χ1n) is 5.23. The number of aromatic carboxylic acids is 1. The molecule has 1 atom stereocenters. The average molecular weight is 222 g/mol. The van der Waals surface area contributed by atoms with Gasteiger partial charge in [-0.25, -0.2) is 9.78 Å². The number of nitrogens with zero attached hydrogens (tertiary/aromatic N) is 2. The second-order valence-corrected chi connectivity index (χ2v) is 3.80. The first kappa shape index (κ1) is 10.9. The maximum atomic E-state index is 10.8. The summed E-state index contributed by atoms with van der Waals surface area (Å²) in [5.74, 6) is -0.293. The molecule has 1 saturated heterocycles. The Kier molecular flexibility index (Phi) is 3.05. The first-order chi connectivity index (χ1) is 7.68. The number of anilines is 1. The summed E-state index contributed by atoms with van der Waals surface area (Å²) >= 11 is 0. The molecule has 0 bridgehead atoms. The average Bonchev–Trinajstić information content (AvgIpc) is 2.30. The third kappa shape index (κ3) is 2.14. The molecule has 0 saturated carbocycles. The summed E-state index contributed by atoms with van der Waals surface area (Å²) in [6.45, 7) is 4.09. The molecule has 1 aromatic heterocycles. The lowest BCUT2D eigenvalue weighted by molar-refractivity contribution is 0.0690. The molecule has 2 heterocycles. The van der Waals surface area contributed by atoms with E-state index in [1.807, 2.05) is 13.0 Å². The van der Waals surface area contributed by atoms with Crippen molar-refractivity contribution in [2.24, 2.45) is 0 Å². The van der Waals surface area contributed by atoms with Gasteiger partial charge in [0.05, 0.1) is 19.3 Å². The van der Waals surface area contributed by atoms with Crippen LogP contribution >= 0.6 is 0 Å². The van der Waals surface area contributed by atoms with Gasteiger partial charge in [0.15, 0.2) is 5.69 Å². The van der Waals surface area contributed by atoms with E-state index in [1.54, 1.807) is 6.07 Å². The minimum atomic E-state index is -0.997. The van der Waals surface area contributed by atoms with Gasteiger partial charge in [-0.05, 0) is 19.1 Å². The SMILES string of the molecule is C[C@@H]1COCCN1c1cccc(C(=O)O)n1. The van der Waals surface area contributed by atoms with E-state index in [2.05, 4.69) is 9.88 Å². The minimum Gasteiger partial charge on any atom is -0.477 e. The number of morpholine rings is 1. The molecule has 0 unspecified atom stereocenters. The van der Waals surface area contributed by atoms with Crippen molar-refractivity contribution in [3.05, 3.63) is 23.9 Å². The molecule has 0 aliphatic carbocycles. The maximum Gasteiger partial charge on any atom is 0.354 e. The fourth-order valence-corrected chi connectivity index (χ4v) is 1.77. The Morgan fingerprint density at radius 3 is 3.12 bits per heavy atom. The van der Waals surface area contributed by atoms with Gasteiger partial charge in [0.25, 0.3) is 0 Å². The van der Waals surface area contributed by atoms with Crippen molar-refractivity contribution in [3.63, 3.8) is 0 Å². The van der Waals surface area contributed by atoms with Gasteiger partial charge >= 0.3 is 5.97 Å². The molecule has 1 aliphatic rings. The Morgan fingerprint density at radius 2 is 2.44 bits per heavy atom. The Morgan fingerprint density at radius 1 is 1.62 bits per heavy atom. The summed E-state index contributed by atoms with van der Waals surface area (Å²) in [6, 6.07) is 5.27. The molecule has 2 rings (SSSR count). The third-order valence-electron chi connectivity index (χ3n) is 2.62. The van der Waals surface area contributed by atoms with E-state index in [0.717, 1.165) is 6.54 Å². The molecule has 1 N–H and O–H groups in total. The van der Waals surface area contributed by atoms with Gasteiger partial charge < -0.3 is 14.7 Å². The summed E-state index contributed by atoms with van der Waals surface area (Å²) < 4.78 is 5.33. The van der Waals surface area contributed by atoms with Gasteiger partial charge in [0.1, 0.15) is 5.82 Å². The number of carboxylic acid groups (broad SMARTS) is 1. The van der Waals surface area contributed by atoms with Crippen molar-refractivity contribution in [2.45, 2.75) is 13.0 Å². The second kappa shape index (κ2) is 4.49. The predicted molar refractivity (Wildman–Crippen MR) is 58.8 cm³/mol. The fourth-order valence-electron chi connectivity index (χ4n) is 1.77. The van der Waals surface area contributed by atoms with Crippen molar-refractivity contribution in [1.29, 1.82) is 0 Å². The van der Waals surface area contributed by atoms with Crippen LogP contribution in [0, 0.1) is 0 Å². The Bertz CT molecular complexity index is 395. The van der Waals surface area contributed by atoms with Gasteiger partial charge in [0.2, 0.25) is 0 Å². The van der Waals surface area contributed by atoms with Crippen LogP contribution in [0.2, 0.25) is 0 Å². The normalized spacial score (nSPS) is 20.8. The van der Waals surface area contributed by atoms with Crippen LogP contribution in [0.3, 0.4) is 0 Å². The summed E-state index contributed by atoms with van der Waals surface area (Å²) in [4.78, 5) is 17.0. The second-order valence-electron chi connectivity index (χ2n) is 3.80. The lowest BCUT2D eigenvalue weighted by Crippen LogP contribution is -2.44. The van der Waals surface area contributed by atoms with Gasteiger partial charge in [-0.1, -0.05) is 6.07 Å². The zero-order valence-electron chi connectivity index (χ0n) is 9.09. The molecule has 0 amide bonds. The van der Waals surface area contributed by atoms with E-state index in [4.69, 9.17) is 9.84 Å². The number of aromatic nitrogens is 1. The Hall–Kier alpha value is -1.62. The Labute approximate surface area is 93.7 Å². The molecule has 1 fully saturated rings. The maximum absolute atomic E-state index is 10.8. The molecule has 0 aromatic carbocycles. The van der Waals surface area contributed by atoms with Gasteiger partial charge in [0, 0.05) is 6.54 Å². The molecular weight excluding hydrogens is 208 g/mol. The molecular formula is C11H14N2O3. The summed E-state index contributed by atoms with van der Waals surface area (Å²) in [5.41, 5.74) is 0.0798. The van der Waals surface area contributed by atoms with E-state index >= 15 is 0 Å². The number of hydrogen-bond acceptors (Lipinski definition) is 4. The minimum absolute atomic E-state index is 0.0798. The number of carbonyl (C=O) groups is 1. The number of rotatable bonds is 2. The summed E-state index contributed by atoms with van der Waals surface area (Å²) in [6.07, 6.45) is 0. The van der Waals surface area contributed by atoms with Crippen molar-refractivity contribution in [2.75, 3.05) is 24.7 Å². The molecule has 1 aromatic rings. The highest BCUT2D eigenvalue weighted by atomic mass is 16.5. The lowest BCUT2D eigenvalue weighted by atomic mass is 10.2. The first-order valence-corrected chi connectivity index (χ1v) is 5.23. The van der Waals surface area contributed by atoms with Crippen LogP contribution in [0.1, 0.15) is 17.4 Å². The zero-order valence-corrected chi connectivity index (χ0v) is 9.09.